The lowest BCUT2D eigenvalue weighted by Crippen LogP contribution is -2.29. The Morgan fingerprint density at radius 3 is 2.20 bits per heavy atom. The first-order valence-electron chi connectivity index (χ1n) is 4.69. The molecule has 0 heterocycles. The Hall–Kier alpha value is -0.0600. The molecule has 0 fully saturated rings. The van der Waals surface area contributed by atoms with Gasteiger partial charge in [0, 0.05) is 22.0 Å². The first-order valence-corrected chi connectivity index (χ1v) is 6.27. The number of benzene rings is 1. The normalized spacial score (nSPS) is 11.5. The van der Waals surface area contributed by atoms with E-state index < -0.39 is 0 Å². The van der Waals surface area contributed by atoms with Crippen LogP contribution in [0, 0.1) is 0 Å². The lowest BCUT2D eigenvalue weighted by molar-refractivity contribution is 0.0764. The van der Waals surface area contributed by atoms with Crippen LogP contribution in [-0.4, -0.2) is 17.3 Å². The molecule has 0 radical (unpaired) electrons. The van der Waals surface area contributed by atoms with Crippen molar-refractivity contribution >= 4 is 31.9 Å². The van der Waals surface area contributed by atoms with Crippen molar-refractivity contribution < 1.29 is 9.84 Å². The molecule has 0 saturated heterocycles. The van der Waals surface area contributed by atoms with Crippen LogP contribution >= 0.6 is 31.9 Å². The largest absolute Gasteiger partial charge is 0.488 e. The van der Waals surface area contributed by atoms with Crippen molar-refractivity contribution in [1.82, 2.24) is 0 Å². The molecule has 15 heavy (non-hydrogen) atoms. The van der Waals surface area contributed by atoms with Crippen molar-refractivity contribution in [3.8, 4) is 5.75 Å². The summed E-state index contributed by atoms with van der Waals surface area (Å²) in [6.45, 7) is 4.04. The van der Waals surface area contributed by atoms with Crippen molar-refractivity contribution in [3.63, 3.8) is 0 Å². The molecule has 0 saturated carbocycles. The molecule has 84 valence electrons. The SMILES string of the molecule is CC(C)(CCO)Oc1cc(Br)cc(Br)c1. The summed E-state index contributed by atoms with van der Waals surface area (Å²) in [6, 6.07) is 5.76. The van der Waals surface area contributed by atoms with Crippen molar-refractivity contribution in [1.29, 1.82) is 0 Å². The van der Waals surface area contributed by atoms with Crippen LogP contribution in [-0.2, 0) is 0 Å². The third-order valence-electron chi connectivity index (χ3n) is 1.94. The minimum Gasteiger partial charge on any atom is -0.488 e. The molecule has 1 N–H and O–H groups in total. The first kappa shape index (κ1) is 13.0. The van der Waals surface area contributed by atoms with Crippen LogP contribution < -0.4 is 4.74 Å². The highest BCUT2D eigenvalue weighted by Crippen LogP contribution is 2.28. The molecule has 0 aliphatic carbocycles. The summed E-state index contributed by atoms with van der Waals surface area (Å²) in [7, 11) is 0. The van der Waals surface area contributed by atoms with Crippen molar-refractivity contribution in [3.05, 3.63) is 27.1 Å². The smallest absolute Gasteiger partial charge is 0.122 e. The van der Waals surface area contributed by atoms with Gasteiger partial charge in [-0.15, -0.1) is 0 Å². The third-order valence-corrected chi connectivity index (χ3v) is 2.86. The van der Waals surface area contributed by atoms with Crippen LogP contribution in [0.5, 0.6) is 5.75 Å². The van der Waals surface area contributed by atoms with Gasteiger partial charge in [-0.25, -0.2) is 0 Å². The molecule has 0 aliphatic heterocycles. The van der Waals surface area contributed by atoms with Crippen LogP contribution in [0.1, 0.15) is 20.3 Å². The van der Waals surface area contributed by atoms with E-state index >= 15 is 0 Å². The van der Waals surface area contributed by atoms with Crippen LogP contribution in [0.4, 0.5) is 0 Å². The average Bonchev–Trinajstić information content (AvgIpc) is 1.99. The van der Waals surface area contributed by atoms with Crippen LogP contribution in [0.2, 0.25) is 0 Å². The van der Waals surface area contributed by atoms with Crippen LogP contribution in [0.15, 0.2) is 27.1 Å². The summed E-state index contributed by atoms with van der Waals surface area (Å²) in [5.74, 6) is 0.787. The Balaban J connectivity index is 2.80. The molecule has 1 rings (SSSR count). The Morgan fingerprint density at radius 1 is 1.20 bits per heavy atom. The van der Waals surface area contributed by atoms with Gasteiger partial charge in [-0.2, -0.15) is 0 Å². The van der Waals surface area contributed by atoms with Gasteiger partial charge >= 0.3 is 0 Å². The monoisotopic (exact) mass is 336 g/mol. The van der Waals surface area contributed by atoms with Gasteiger partial charge in [0.1, 0.15) is 11.4 Å². The molecule has 0 atom stereocenters. The topological polar surface area (TPSA) is 29.5 Å². The predicted octanol–water partition coefficient (Wildman–Crippen LogP) is 3.75. The standard InChI is InChI=1S/C11H14Br2O2/c1-11(2,3-4-14)15-10-6-8(12)5-9(13)7-10/h5-7,14H,3-4H2,1-2H3. The number of rotatable bonds is 4. The van der Waals surface area contributed by atoms with Gasteiger partial charge in [0.05, 0.1) is 0 Å². The maximum atomic E-state index is 8.89. The van der Waals surface area contributed by atoms with E-state index in [1.54, 1.807) is 0 Å². The fourth-order valence-electron chi connectivity index (χ4n) is 1.23. The van der Waals surface area contributed by atoms with Gasteiger partial charge in [-0.1, -0.05) is 31.9 Å². The second kappa shape index (κ2) is 5.32. The Bertz CT molecular complexity index is 317. The second-order valence-electron chi connectivity index (χ2n) is 3.94. The quantitative estimate of drug-likeness (QED) is 0.906. The molecule has 0 aliphatic rings. The van der Waals surface area contributed by atoms with Crippen LogP contribution in [0.25, 0.3) is 0 Å². The van der Waals surface area contributed by atoms with Crippen molar-refractivity contribution in [2.75, 3.05) is 6.61 Å². The maximum Gasteiger partial charge on any atom is 0.122 e. The number of hydrogen-bond donors (Lipinski definition) is 1. The highest BCUT2D eigenvalue weighted by molar-refractivity contribution is 9.11. The number of aliphatic hydroxyl groups excluding tert-OH is 1. The Labute approximate surface area is 107 Å². The summed E-state index contributed by atoms with van der Waals surface area (Å²) >= 11 is 6.80. The third kappa shape index (κ3) is 4.53. The summed E-state index contributed by atoms with van der Waals surface area (Å²) in [6.07, 6.45) is 0.608. The summed E-state index contributed by atoms with van der Waals surface area (Å²) in [4.78, 5) is 0. The second-order valence-corrected chi connectivity index (χ2v) is 5.77. The first-order chi connectivity index (χ1) is 6.93. The predicted molar refractivity (Wildman–Crippen MR) is 68.3 cm³/mol. The van der Waals surface area contributed by atoms with E-state index in [0.29, 0.717) is 6.42 Å². The number of halogens is 2. The van der Waals surface area contributed by atoms with Crippen molar-refractivity contribution in [2.45, 2.75) is 25.9 Å². The Morgan fingerprint density at radius 2 is 1.73 bits per heavy atom. The van der Waals surface area contributed by atoms with Gasteiger partial charge in [0.2, 0.25) is 0 Å². The Kier molecular flexibility index (Phi) is 4.62. The van der Waals surface area contributed by atoms with E-state index in [2.05, 4.69) is 31.9 Å². The molecule has 1 aromatic rings. The molecule has 0 aromatic heterocycles. The number of ether oxygens (including phenoxy) is 1. The zero-order chi connectivity index (χ0) is 11.5. The van der Waals surface area contributed by atoms with E-state index in [1.165, 1.54) is 0 Å². The fraction of sp³-hybridized carbons (Fsp3) is 0.455. The highest BCUT2D eigenvalue weighted by Gasteiger charge is 2.19. The molecule has 4 heteroatoms. The minimum atomic E-state index is -0.352. The number of aliphatic hydroxyl groups is 1. The molecule has 0 spiro atoms. The molecular formula is C11H14Br2O2. The van der Waals surface area contributed by atoms with E-state index in [-0.39, 0.29) is 12.2 Å². The molecule has 0 unspecified atom stereocenters. The van der Waals surface area contributed by atoms with E-state index in [0.717, 1.165) is 14.7 Å². The fourth-order valence-corrected chi connectivity index (χ4v) is 2.48. The zero-order valence-electron chi connectivity index (χ0n) is 8.76. The summed E-state index contributed by atoms with van der Waals surface area (Å²) < 4.78 is 7.71. The van der Waals surface area contributed by atoms with E-state index in [9.17, 15) is 0 Å². The van der Waals surface area contributed by atoms with E-state index in [4.69, 9.17) is 9.84 Å². The molecule has 2 nitrogen and oxygen atoms in total. The molecule has 1 aromatic carbocycles. The minimum absolute atomic E-state index is 0.127. The highest BCUT2D eigenvalue weighted by atomic mass is 79.9. The lowest BCUT2D eigenvalue weighted by Gasteiger charge is -2.25. The van der Waals surface area contributed by atoms with Gasteiger partial charge < -0.3 is 9.84 Å². The molecular weight excluding hydrogens is 324 g/mol. The molecule has 0 amide bonds. The molecule has 0 bridgehead atoms. The lowest BCUT2D eigenvalue weighted by atomic mass is 10.1. The van der Waals surface area contributed by atoms with Gasteiger partial charge in [-0.3, -0.25) is 0 Å². The maximum absolute atomic E-state index is 8.89. The van der Waals surface area contributed by atoms with Gasteiger partial charge in [-0.05, 0) is 32.0 Å². The van der Waals surface area contributed by atoms with E-state index in [1.807, 2.05) is 32.0 Å². The summed E-state index contributed by atoms with van der Waals surface area (Å²) in [5.41, 5.74) is -0.352. The van der Waals surface area contributed by atoms with Gasteiger partial charge in [0.15, 0.2) is 0 Å². The van der Waals surface area contributed by atoms with Crippen LogP contribution in [0.3, 0.4) is 0 Å². The van der Waals surface area contributed by atoms with Gasteiger partial charge in [0.25, 0.3) is 0 Å². The average molecular weight is 338 g/mol. The zero-order valence-corrected chi connectivity index (χ0v) is 11.9. The van der Waals surface area contributed by atoms with Crippen molar-refractivity contribution in [2.24, 2.45) is 0 Å². The summed E-state index contributed by atoms with van der Waals surface area (Å²) in [5, 5.41) is 8.89. The number of hydrogen-bond acceptors (Lipinski definition) is 2.